The average molecular weight is 280 g/mol. The van der Waals surface area contributed by atoms with E-state index in [1.165, 1.54) is 5.56 Å². The first kappa shape index (κ1) is 13.7. The fraction of sp³-hybridized carbons (Fsp3) is 0.278. The number of carbonyl (C=O) groups is 1. The molecule has 1 aliphatic heterocycles. The van der Waals surface area contributed by atoms with E-state index in [2.05, 4.69) is 29.6 Å². The van der Waals surface area contributed by atoms with Gasteiger partial charge in [-0.25, -0.2) is 0 Å². The lowest BCUT2D eigenvalue weighted by Gasteiger charge is -2.17. The van der Waals surface area contributed by atoms with Crippen LogP contribution in [0.2, 0.25) is 0 Å². The smallest absolute Gasteiger partial charge is 0.253 e. The third-order valence-electron chi connectivity index (χ3n) is 4.17. The molecule has 21 heavy (non-hydrogen) atoms. The molecule has 0 aliphatic carbocycles. The molecule has 0 saturated carbocycles. The zero-order valence-corrected chi connectivity index (χ0v) is 12.3. The Bertz CT molecular complexity index is 607. The molecule has 3 heteroatoms. The van der Waals surface area contributed by atoms with E-state index in [-0.39, 0.29) is 5.91 Å². The number of carbonyl (C=O) groups excluding carboxylic acids is 1. The summed E-state index contributed by atoms with van der Waals surface area (Å²) in [6, 6.07) is 18.1. The van der Waals surface area contributed by atoms with Crippen molar-refractivity contribution < 1.29 is 4.79 Å². The first-order valence-electron chi connectivity index (χ1n) is 7.40. The van der Waals surface area contributed by atoms with E-state index in [1.54, 1.807) is 0 Å². The second kappa shape index (κ2) is 6.00. The van der Waals surface area contributed by atoms with Crippen LogP contribution in [0.15, 0.2) is 54.6 Å². The fourth-order valence-electron chi connectivity index (χ4n) is 2.90. The summed E-state index contributed by atoms with van der Waals surface area (Å²) in [5.41, 5.74) is 3.12. The molecule has 0 spiro atoms. The van der Waals surface area contributed by atoms with Gasteiger partial charge in [0.1, 0.15) is 0 Å². The van der Waals surface area contributed by atoms with E-state index < -0.39 is 0 Å². The van der Waals surface area contributed by atoms with Gasteiger partial charge in [-0.3, -0.25) is 4.79 Å². The summed E-state index contributed by atoms with van der Waals surface area (Å²) in [4.78, 5) is 14.5. The molecule has 3 nitrogen and oxygen atoms in total. The Hall–Kier alpha value is -2.29. The minimum absolute atomic E-state index is 0.135. The molecule has 2 aromatic carbocycles. The summed E-state index contributed by atoms with van der Waals surface area (Å²) < 4.78 is 0. The van der Waals surface area contributed by atoms with Gasteiger partial charge in [-0.1, -0.05) is 30.3 Å². The van der Waals surface area contributed by atoms with Gasteiger partial charge in [0.05, 0.1) is 0 Å². The number of anilines is 1. The highest BCUT2D eigenvalue weighted by atomic mass is 16.2. The van der Waals surface area contributed by atoms with Crippen molar-refractivity contribution in [1.82, 2.24) is 4.90 Å². The van der Waals surface area contributed by atoms with Gasteiger partial charge in [0, 0.05) is 37.3 Å². The maximum atomic E-state index is 12.5. The molecule has 1 N–H and O–H groups in total. The van der Waals surface area contributed by atoms with Crippen LogP contribution in [-0.2, 0) is 0 Å². The van der Waals surface area contributed by atoms with Gasteiger partial charge in [-0.2, -0.15) is 0 Å². The summed E-state index contributed by atoms with van der Waals surface area (Å²) in [5.74, 6) is 0.600. The summed E-state index contributed by atoms with van der Waals surface area (Å²) >= 11 is 0. The van der Waals surface area contributed by atoms with Crippen LogP contribution in [0, 0.1) is 0 Å². The van der Waals surface area contributed by atoms with E-state index in [0.717, 1.165) is 30.8 Å². The van der Waals surface area contributed by atoms with Crippen LogP contribution >= 0.6 is 0 Å². The maximum absolute atomic E-state index is 12.5. The van der Waals surface area contributed by atoms with Gasteiger partial charge < -0.3 is 10.2 Å². The van der Waals surface area contributed by atoms with Gasteiger partial charge >= 0.3 is 0 Å². The summed E-state index contributed by atoms with van der Waals surface area (Å²) in [7, 11) is 1.88. The number of hydrogen-bond donors (Lipinski definition) is 1. The van der Waals surface area contributed by atoms with Crippen LogP contribution in [0.3, 0.4) is 0 Å². The molecular weight excluding hydrogens is 260 g/mol. The molecule has 0 radical (unpaired) electrons. The number of amides is 1. The van der Waals surface area contributed by atoms with Crippen molar-refractivity contribution >= 4 is 11.6 Å². The lowest BCUT2D eigenvalue weighted by atomic mass is 9.99. The zero-order valence-electron chi connectivity index (χ0n) is 12.3. The lowest BCUT2D eigenvalue weighted by Crippen LogP contribution is -2.28. The van der Waals surface area contributed by atoms with Crippen molar-refractivity contribution in [3.63, 3.8) is 0 Å². The van der Waals surface area contributed by atoms with E-state index in [1.807, 2.05) is 42.3 Å². The zero-order chi connectivity index (χ0) is 14.7. The average Bonchev–Trinajstić information content (AvgIpc) is 3.05. The standard InChI is InChI=1S/C18H20N2O/c1-19-17-9-7-15(8-10-17)18(21)20-12-11-16(13-20)14-5-3-2-4-6-14/h2-10,16,19H,11-13H2,1H3. The molecule has 2 aromatic rings. The Morgan fingerprint density at radius 3 is 2.48 bits per heavy atom. The minimum atomic E-state index is 0.135. The largest absolute Gasteiger partial charge is 0.388 e. The Labute approximate surface area is 125 Å². The van der Waals surface area contributed by atoms with Crippen molar-refractivity contribution in [2.45, 2.75) is 12.3 Å². The molecule has 1 saturated heterocycles. The number of rotatable bonds is 3. The predicted octanol–water partition coefficient (Wildman–Crippen LogP) is 3.36. The van der Waals surface area contributed by atoms with Gasteiger partial charge in [-0.05, 0) is 36.2 Å². The van der Waals surface area contributed by atoms with E-state index in [9.17, 15) is 4.79 Å². The summed E-state index contributed by atoms with van der Waals surface area (Å²) in [5, 5.41) is 3.07. The number of nitrogens with one attached hydrogen (secondary N) is 1. The summed E-state index contributed by atoms with van der Waals surface area (Å²) in [6.45, 7) is 1.66. The quantitative estimate of drug-likeness (QED) is 0.935. The van der Waals surface area contributed by atoms with Crippen LogP contribution in [0.5, 0.6) is 0 Å². The Balaban J connectivity index is 1.69. The molecule has 1 amide bonds. The van der Waals surface area contributed by atoms with Crippen molar-refractivity contribution in [1.29, 1.82) is 0 Å². The Morgan fingerprint density at radius 2 is 1.81 bits per heavy atom. The molecule has 1 aliphatic rings. The summed E-state index contributed by atoms with van der Waals surface area (Å²) in [6.07, 6.45) is 1.05. The molecule has 108 valence electrons. The number of hydrogen-bond acceptors (Lipinski definition) is 2. The van der Waals surface area contributed by atoms with E-state index in [4.69, 9.17) is 0 Å². The normalized spacial score (nSPS) is 17.8. The number of likely N-dealkylation sites (tertiary alicyclic amines) is 1. The molecule has 1 atom stereocenters. The van der Waals surface area contributed by atoms with E-state index in [0.29, 0.717) is 5.92 Å². The van der Waals surface area contributed by atoms with Gasteiger partial charge in [0.25, 0.3) is 5.91 Å². The monoisotopic (exact) mass is 280 g/mol. The first-order chi connectivity index (χ1) is 10.3. The molecular formula is C18H20N2O. The van der Waals surface area contributed by atoms with Crippen molar-refractivity contribution in [3.05, 3.63) is 65.7 Å². The predicted molar refractivity (Wildman–Crippen MR) is 85.7 cm³/mol. The molecule has 0 bridgehead atoms. The van der Waals surface area contributed by atoms with Gasteiger partial charge in [0.2, 0.25) is 0 Å². The van der Waals surface area contributed by atoms with Crippen LogP contribution in [-0.4, -0.2) is 30.9 Å². The lowest BCUT2D eigenvalue weighted by molar-refractivity contribution is 0.0791. The molecule has 1 unspecified atom stereocenters. The van der Waals surface area contributed by atoms with Crippen molar-refractivity contribution in [2.75, 3.05) is 25.5 Å². The molecule has 0 aromatic heterocycles. The highest BCUT2D eigenvalue weighted by molar-refractivity contribution is 5.94. The Morgan fingerprint density at radius 1 is 1.10 bits per heavy atom. The van der Waals surface area contributed by atoms with Crippen LogP contribution in [0.1, 0.15) is 28.3 Å². The first-order valence-corrected chi connectivity index (χ1v) is 7.40. The number of nitrogens with zero attached hydrogens (tertiary/aromatic N) is 1. The SMILES string of the molecule is CNc1ccc(C(=O)N2CCC(c3ccccc3)C2)cc1. The minimum Gasteiger partial charge on any atom is -0.388 e. The fourth-order valence-corrected chi connectivity index (χ4v) is 2.90. The van der Waals surface area contributed by atoms with Crippen LogP contribution in [0.4, 0.5) is 5.69 Å². The number of benzene rings is 2. The second-order valence-corrected chi connectivity index (χ2v) is 5.47. The highest BCUT2D eigenvalue weighted by Gasteiger charge is 2.27. The topological polar surface area (TPSA) is 32.3 Å². The van der Waals surface area contributed by atoms with Gasteiger partial charge in [-0.15, -0.1) is 0 Å². The van der Waals surface area contributed by atoms with Crippen molar-refractivity contribution in [2.24, 2.45) is 0 Å². The molecule has 1 heterocycles. The maximum Gasteiger partial charge on any atom is 0.253 e. The van der Waals surface area contributed by atoms with Gasteiger partial charge in [0.15, 0.2) is 0 Å². The highest BCUT2D eigenvalue weighted by Crippen LogP contribution is 2.28. The third kappa shape index (κ3) is 2.92. The van der Waals surface area contributed by atoms with Crippen LogP contribution < -0.4 is 5.32 Å². The van der Waals surface area contributed by atoms with E-state index >= 15 is 0 Å². The van der Waals surface area contributed by atoms with Crippen LogP contribution in [0.25, 0.3) is 0 Å². The third-order valence-corrected chi connectivity index (χ3v) is 4.17. The Kier molecular flexibility index (Phi) is 3.91. The van der Waals surface area contributed by atoms with Crippen molar-refractivity contribution in [3.8, 4) is 0 Å². The molecule has 1 fully saturated rings. The second-order valence-electron chi connectivity index (χ2n) is 5.47. The molecule has 3 rings (SSSR count).